The molecule has 1 unspecified atom stereocenters. The van der Waals surface area contributed by atoms with Crippen LogP contribution in [0.5, 0.6) is 0 Å². The second-order valence-corrected chi connectivity index (χ2v) is 12.1. The number of aliphatic hydroxyl groups is 1. The molecule has 8 heteroatoms. The second-order valence-electron chi connectivity index (χ2n) is 11.3. The molecule has 1 aliphatic carbocycles. The number of hydrogen-bond donors (Lipinski definition) is 1. The van der Waals surface area contributed by atoms with Gasteiger partial charge in [-0.05, 0) is 54.2 Å². The van der Waals surface area contributed by atoms with Crippen LogP contribution in [0.15, 0.2) is 65.5 Å². The first-order valence-corrected chi connectivity index (χ1v) is 13.3. The first-order valence-electron chi connectivity index (χ1n) is 12.5. The van der Waals surface area contributed by atoms with Crippen molar-refractivity contribution >= 4 is 29.1 Å². The van der Waals surface area contributed by atoms with Crippen LogP contribution in [0.4, 0.5) is 8.78 Å². The van der Waals surface area contributed by atoms with Crippen molar-refractivity contribution in [1.29, 1.82) is 5.26 Å². The van der Waals surface area contributed by atoms with E-state index >= 15 is 8.78 Å². The molecule has 0 radical (unpaired) electrons. The van der Waals surface area contributed by atoms with Gasteiger partial charge in [-0.3, -0.25) is 4.79 Å². The zero-order valence-electron chi connectivity index (χ0n) is 21.5. The smallest absolute Gasteiger partial charge is 0.254 e. The molecule has 1 aliphatic heterocycles. The third-order valence-electron chi connectivity index (χ3n) is 7.52. The van der Waals surface area contributed by atoms with Crippen LogP contribution in [-0.4, -0.2) is 28.5 Å². The van der Waals surface area contributed by atoms with Crippen molar-refractivity contribution in [3.8, 4) is 6.07 Å². The molecule has 4 nitrogen and oxygen atoms in total. The van der Waals surface area contributed by atoms with Gasteiger partial charge in [-0.15, -0.1) is 0 Å². The van der Waals surface area contributed by atoms with Crippen LogP contribution < -0.4 is 0 Å². The van der Waals surface area contributed by atoms with Crippen molar-refractivity contribution in [3.05, 3.63) is 93.0 Å². The van der Waals surface area contributed by atoms with Gasteiger partial charge in [0.2, 0.25) is 0 Å². The van der Waals surface area contributed by atoms with Gasteiger partial charge in [0.05, 0.1) is 23.8 Å². The zero-order valence-corrected chi connectivity index (χ0v) is 23.0. The standard InChI is InChI=1S/C30H30Cl2F2N2O2/c1-29(2,3)14-20-15-36(28(38)19-9-7-18(16-37)8-10-19)27(22-5-4-6-24(32)26(22)34)30(20,17-35)23-12-11-21(31)13-25(23)33/h4,6-13,20,22,27,37H,5,14-16H2,1-3H3/t20-,22?,27-,30-/m1/s1. The minimum absolute atomic E-state index is 0.0908. The maximum atomic E-state index is 15.8. The molecule has 2 aliphatic rings. The molecule has 0 saturated carbocycles. The lowest BCUT2D eigenvalue weighted by Crippen LogP contribution is -2.51. The minimum Gasteiger partial charge on any atom is -0.392 e. The van der Waals surface area contributed by atoms with Gasteiger partial charge in [0.25, 0.3) is 5.91 Å². The molecular formula is C30H30Cl2F2N2O2. The highest BCUT2D eigenvalue weighted by molar-refractivity contribution is 6.31. The van der Waals surface area contributed by atoms with Crippen LogP contribution >= 0.6 is 23.2 Å². The van der Waals surface area contributed by atoms with Gasteiger partial charge in [0.15, 0.2) is 0 Å². The molecule has 38 heavy (non-hydrogen) atoms. The Labute approximate surface area is 232 Å². The number of benzene rings is 2. The topological polar surface area (TPSA) is 64.3 Å². The van der Waals surface area contributed by atoms with E-state index in [9.17, 15) is 15.2 Å². The number of carbonyl (C=O) groups excluding carboxylic acids is 1. The summed E-state index contributed by atoms with van der Waals surface area (Å²) in [5.74, 6) is -3.16. The molecule has 4 atom stereocenters. The Hall–Kier alpha value is -2.72. The summed E-state index contributed by atoms with van der Waals surface area (Å²) in [7, 11) is 0. The number of allylic oxidation sites excluding steroid dienone is 3. The Morgan fingerprint density at radius 2 is 1.87 bits per heavy atom. The lowest BCUT2D eigenvalue weighted by molar-refractivity contribution is 0.0660. The van der Waals surface area contributed by atoms with Crippen LogP contribution in [0.25, 0.3) is 0 Å². The molecule has 1 saturated heterocycles. The second kappa shape index (κ2) is 10.8. The summed E-state index contributed by atoms with van der Waals surface area (Å²) >= 11 is 12.3. The van der Waals surface area contributed by atoms with Crippen molar-refractivity contribution in [2.45, 2.75) is 51.7 Å². The fourth-order valence-electron chi connectivity index (χ4n) is 5.98. The molecule has 2 aromatic carbocycles. The van der Waals surface area contributed by atoms with E-state index in [1.54, 1.807) is 30.3 Å². The molecular weight excluding hydrogens is 529 g/mol. The maximum absolute atomic E-state index is 15.8. The Morgan fingerprint density at radius 1 is 1.18 bits per heavy atom. The van der Waals surface area contributed by atoms with Gasteiger partial charge in [0, 0.05) is 34.5 Å². The van der Waals surface area contributed by atoms with Crippen molar-refractivity contribution in [2.75, 3.05) is 6.54 Å². The highest BCUT2D eigenvalue weighted by Gasteiger charge is 2.61. The molecule has 2 aromatic rings. The van der Waals surface area contributed by atoms with Crippen molar-refractivity contribution < 1.29 is 18.7 Å². The van der Waals surface area contributed by atoms with Crippen LogP contribution in [0.1, 0.15) is 55.1 Å². The molecule has 4 rings (SSSR count). The zero-order chi connectivity index (χ0) is 27.8. The van der Waals surface area contributed by atoms with Gasteiger partial charge in [0.1, 0.15) is 17.1 Å². The number of nitrogens with zero attached hydrogens (tertiary/aromatic N) is 2. The average molecular weight is 559 g/mol. The number of halogens is 4. The van der Waals surface area contributed by atoms with Gasteiger partial charge in [-0.1, -0.05) is 68.2 Å². The first kappa shape index (κ1) is 28.3. The molecule has 0 aromatic heterocycles. The molecule has 0 bridgehead atoms. The molecule has 0 spiro atoms. The first-order chi connectivity index (χ1) is 17.9. The van der Waals surface area contributed by atoms with Crippen LogP contribution in [0, 0.1) is 34.4 Å². The SMILES string of the molecule is CC(C)(C)C[C@@H]1CN(C(=O)c2ccc(CO)cc2)[C@H](C2CC=CC(Cl)=C2F)[C@@]1(C#N)c1ccc(Cl)cc1F. The summed E-state index contributed by atoms with van der Waals surface area (Å²) in [5, 5.41) is 20.4. The normalized spacial score (nSPS) is 25.6. The number of hydrogen-bond acceptors (Lipinski definition) is 3. The monoisotopic (exact) mass is 558 g/mol. The van der Waals surface area contributed by atoms with E-state index in [1.165, 1.54) is 23.1 Å². The Bertz CT molecular complexity index is 1330. The van der Waals surface area contributed by atoms with E-state index in [0.29, 0.717) is 17.5 Å². The Morgan fingerprint density at radius 3 is 2.45 bits per heavy atom. The fourth-order valence-corrected chi connectivity index (χ4v) is 6.37. The van der Waals surface area contributed by atoms with Crippen LogP contribution in [-0.2, 0) is 12.0 Å². The predicted molar refractivity (Wildman–Crippen MR) is 145 cm³/mol. The molecule has 1 N–H and O–H groups in total. The van der Waals surface area contributed by atoms with E-state index in [4.69, 9.17) is 23.2 Å². The van der Waals surface area contributed by atoms with Gasteiger partial charge in [-0.2, -0.15) is 5.26 Å². The summed E-state index contributed by atoms with van der Waals surface area (Å²) in [6, 6.07) is 12.0. The molecule has 1 fully saturated rings. The fraction of sp³-hybridized carbons (Fsp3) is 0.400. The highest BCUT2D eigenvalue weighted by Crippen LogP contribution is 2.54. The van der Waals surface area contributed by atoms with Gasteiger partial charge < -0.3 is 10.0 Å². The Kier molecular flexibility index (Phi) is 8.04. The quantitative estimate of drug-likeness (QED) is 0.418. The summed E-state index contributed by atoms with van der Waals surface area (Å²) < 4.78 is 31.4. The predicted octanol–water partition coefficient (Wildman–Crippen LogP) is 7.31. The van der Waals surface area contributed by atoms with Gasteiger partial charge >= 0.3 is 0 Å². The number of carbonyl (C=O) groups is 1. The summed E-state index contributed by atoms with van der Waals surface area (Å²) in [4.78, 5) is 15.5. The minimum atomic E-state index is -1.58. The molecule has 1 heterocycles. The number of rotatable bonds is 5. The van der Waals surface area contributed by atoms with E-state index in [0.717, 1.165) is 6.07 Å². The number of nitriles is 1. The van der Waals surface area contributed by atoms with Gasteiger partial charge in [-0.25, -0.2) is 8.78 Å². The largest absolute Gasteiger partial charge is 0.392 e. The van der Waals surface area contributed by atoms with E-state index in [-0.39, 0.29) is 40.6 Å². The average Bonchev–Trinajstić information content (AvgIpc) is 3.18. The Balaban J connectivity index is 1.97. The summed E-state index contributed by atoms with van der Waals surface area (Å²) in [6.45, 7) is 6.00. The van der Waals surface area contributed by atoms with Crippen LogP contribution in [0.2, 0.25) is 5.02 Å². The number of amides is 1. The maximum Gasteiger partial charge on any atom is 0.254 e. The van der Waals surface area contributed by atoms with E-state index < -0.39 is 40.8 Å². The van der Waals surface area contributed by atoms with E-state index in [1.807, 2.05) is 20.8 Å². The van der Waals surface area contributed by atoms with E-state index in [2.05, 4.69) is 6.07 Å². The lowest BCUT2D eigenvalue weighted by atomic mass is 9.61. The summed E-state index contributed by atoms with van der Waals surface area (Å²) in [5.41, 5.74) is -0.798. The molecule has 1 amide bonds. The third-order valence-corrected chi connectivity index (χ3v) is 8.06. The van der Waals surface area contributed by atoms with Crippen LogP contribution in [0.3, 0.4) is 0 Å². The molecule has 200 valence electrons. The van der Waals surface area contributed by atoms with Crippen molar-refractivity contribution in [1.82, 2.24) is 4.90 Å². The number of likely N-dealkylation sites (tertiary alicyclic amines) is 1. The highest BCUT2D eigenvalue weighted by atomic mass is 35.5. The van der Waals surface area contributed by atoms with Crippen molar-refractivity contribution in [2.24, 2.45) is 17.3 Å². The lowest BCUT2D eigenvalue weighted by Gasteiger charge is -2.41. The van der Waals surface area contributed by atoms with Crippen molar-refractivity contribution in [3.63, 3.8) is 0 Å². The summed E-state index contributed by atoms with van der Waals surface area (Å²) in [6.07, 6.45) is 3.85. The number of aliphatic hydroxyl groups excluding tert-OH is 1. The third kappa shape index (κ3) is 5.12.